The zero-order valence-electron chi connectivity index (χ0n) is 23.3. The summed E-state index contributed by atoms with van der Waals surface area (Å²) in [4.78, 5) is 29.6. The number of unbranched alkanes of at least 4 members (excludes halogenated alkanes) is 1. The number of amides is 2. The number of hydrogen-bond donors (Lipinski definition) is 0. The monoisotopic (exact) mass is 622 g/mol. The number of fused-ring (bicyclic) bond motifs is 2. The predicted molar refractivity (Wildman–Crippen MR) is 155 cm³/mol. The molecule has 3 aliphatic rings. The van der Waals surface area contributed by atoms with Gasteiger partial charge in [0, 0.05) is 47.5 Å². The Labute approximate surface area is 244 Å². The van der Waals surface area contributed by atoms with E-state index >= 15 is 0 Å². The maximum Gasteiger partial charge on any atom is 0.410 e. The Balaban J connectivity index is 1.15. The molecule has 214 valence electrons. The quantitative estimate of drug-likeness (QED) is 0.334. The lowest BCUT2D eigenvalue weighted by atomic mass is 9.92. The van der Waals surface area contributed by atoms with Gasteiger partial charge in [-0.3, -0.25) is 4.79 Å². The number of carbonyl (C=O) groups is 2. The summed E-state index contributed by atoms with van der Waals surface area (Å²) in [5, 5.41) is 6.36. The molecule has 1 aromatic heterocycles. The number of nitrogens with zero attached hydrogens (tertiary/aromatic N) is 4. The van der Waals surface area contributed by atoms with Crippen LogP contribution in [-0.2, 0) is 20.7 Å². The van der Waals surface area contributed by atoms with E-state index in [0.717, 1.165) is 85.5 Å². The largest absolute Gasteiger partial charge is 0.444 e. The van der Waals surface area contributed by atoms with Gasteiger partial charge in [-0.15, -0.1) is 0 Å². The molecule has 5 rings (SSSR count). The zero-order chi connectivity index (χ0) is 27.7. The van der Waals surface area contributed by atoms with Crippen LogP contribution in [0.1, 0.15) is 83.9 Å². The van der Waals surface area contributed by atoms with Crippen LogP contribution in [0.15, 0.2) is 16.7 Å². The number of likely N-dealkylation sites (tertiary alicyclic amines) is 2. The Morgan fingerprint density at radius 1 is 1.18 bits per heavy atom. The molecule has 3 fully saturated rings. The third-order valence-corrected chi connectivity index (χ3v) is 9.46. The fourth-order valence-corrected chi connectivity index (χ4v) is 7.32. The van der Waals surface area contributed by atoms with E-state index in [4.69, 9.17) is 21.1 Å². The van der Waals surface area contributed by atoms with Crippen molar-refractivity contribution in [1.29, 1.82) is 0 Å². The van der Waals surface area contributed by atoms with Crippen molar-refractivity contribution < 1.29 is 19.1 Å². The van der Waals surface area contributed by atoms with Crippen molar-refractivity contribution in [3.8, 4) is 0 Å². The summed E-state index contributed by atoms with van der Waals surface area (Å²) in [5.41, 5.74) is 1.52. The second-order valence-corrected chi connectivity index (χ2v) is 13.3. The van der Waals surface area contributed by atoms with Crippen LogP contribution in [0.25, 0.3) is 10.9 Å². The third-order valence-electron chi connectivity index (χ3n) is 8.22. The first kappa shape index (κ1) is 28.7. The van der Waals surface area contributed by atoms with Gasteiger partial charge in [0.25, 0.3) is 0 Å². The lowest BCUT2D eigenvalue weighted by molar-refractivity contribution is -0.133. The summed E-state index contributed by atoms with van der Waals surface area (Å²) in [6, 6.07) is 2.09. The molecule has 2 amide bonds. The minimum atomic E-state index is -0.522. The second kappa shape index (κ2) is 12.0. The number of rotatable bonds is 6. The van der Waals surface area contributed by atoms with E-state index in [1.165, 1.54) is 0 Å². The van der Waals surface area contributed by atoms with Gasteiger partial charge in [0.1, 0.15) is 5.60 Å². The van der Waals surface area contributed by atoms with Gasteiger partial charge in [0.2, 0.25) is 5.91 Å². The van der Waals surface area contributed by atoms with Crippen molar-refractivity contribution in [2.24, 2.45) is 5.92 Å². The molecule has 0 spiro atoms. The SMILES string of the molecule is CC(C)(C)OC(=O)N1CC[C@H]2CCN(C(=O)CCCCc3c(Cl)cc4c(cnn4[C@H]4CCCCO4)c3Br)[C@H]2C1. The van der Waals surface area contributed by atoms with E-state index in [9.17, 15) is 9.59 Å². The molecular weight excluding hydrogens is 584 g/mol. The van der Waals surface area contributed by atoms with Crippen LogP contribution in [0.4, 0.5) is 4.79 Å². The Morgan fingerprint density at radius 2 is 1.97 bits per heavy atom. The number of aromatic nitrogens is 2. The molecule has 8 nitrogen and oxygen atoms in total. The second-order valence-electron chi connectivity index (χ2n) is 12.1. The molecule has 0 aliphatic carbocycles. The van der Waals surface area contributed by atoms with Crippen LogP contribution in [0.3, 0.4) is 0 Å². The summed E-state index contributed by atoms with van der Waals surface area (Å²) in [5.74, 6) is 0.650. The highest BCUT2D eigenvalue weighted by molar-refractivity contribution is 9.10. The predicted octanol–water partition coefficient (Wildman–Crippen LogP) is 6.72. The van der Waals surface area contributed by atoms with Crippen molar-refractivity contribution in [1.82, 2.24) is 19.6 Å². The number of ether oxygens (including phenoxy) is 2. The Kier molecular flexibility index (Phi) is 8.79. The van der Waals surface area contributed by atoms with Crippen molar-refractivity contribution in [2.45, 2.75) is 96.4 Å². The molecule has 3 aliphatic heterocycles. The summed E-state index contributed by atoms with van der Waals surface area (Å²) < 4.78 is 14.4. The molecule has 1 aromatic carbocycles. The summed E-state index contributed by atoms with van der Waals surface area (Å²) in [7, 11) is 0. The molecule has 0 bridgehead atoms. The Hall–Kier alpha value is -1.84. The van der Waals surface area contributed by atoms with Gasteiger partial charge in [0.15, 0.2) is 6.23 Å². The van der Waals surface area contributed by atoms with Crippen molar-refractivity contribution in [2.75, 3.05) is 26.2 Å². The smallest absolute Gasteiger partial charge is 0.410 e. The fraction of sp³-hybridized carbons (Fsp3) is 0.690. The van der Waals surface area contributed by atoms with Gasteiger partial charge < -0.3 is 19.3 Å². The average Bonchev–Trinajstić information content (AvgIpc) is 3.51. The van der Waals surface area contributed by atoms with Gasteiger partial charge in [-0.05, 0) is 106 Å². The maximum atomic E-state index is 13.2. The number of carbonyl (C=O) groups excluding carboxylic acids is 2. The van der Waals surface area contributed by atoms with E-state index in [2.05, 4.69) is 21.0 Å². The van der Waals surface area contributed by atoms with Crippen LogP contribution in [0.2, 0.25) is 5.02 Å². The first-order valence-electron chi connectivity index (χ1n) is 14.4. The van der Waals surface area contributed by atoms with Crippen LogP contribution >= 0.6 is 27.5 Å². The Bertz CT molecular complexity index is 1210. The van der Waals surface area contributed by atoms with Crippen LogP contribution in [-0.4, -0.2) is 69.5 Å². The lowest BCUT2D eigenvalue weighted by Crippen LogP contribution is -2.52. The number of benzene rings is 1. The Morgan fingerprint density at radius 3 is 2.72 bits per heavy atom. The molecule has 0 unspecified atom stereocenters. The van der Waals surface area contributed by atoms with Crippen LogP contribution in [0, 0.1) is 5.92 Å². The van der Waals surface area contributed by atoms with Crippen molar-refractivity contribution >= 4 is 50.4 Å². The minimum Gasteiger partial charge on any atom is -0.444 e. The highest BCUT2D eigenvalue weighted by Gasteiger charge is 2.42. The minimum absolute atomic E-state index is 0.0401. The zero-order valence-corrected chi connectivity index (χ0v) is 25.6. The van der Waals surface area contributed by atoms with Gasteiger partial charge in [0.05, 0.1) is 17.8 Å². The van der Waals surface area contributed by atoms with Gasteiger partial charge in [-0.25, -0.2) is 9.48 Å². The highest BCUT2D eigenvalue weighted by Crippen LogP contribution is 2.37. The van der Waals surface area contributed by atoms with E-state index in [1.807, 2.05) is 42.6 Å². The number of halogens is 2. The summed E-state index contributed by atoms with van der Waals surface area (Å²) >= 11 is 10.5. The molecule has 3 atom stereocenters. The van der Waals surface area contributed by atoms with Crippen molar-refractivity contribution in [3.63, 3.8) is 0 Å². The molecular formula is C29H40BrClN4O4. The van der Waals surface area contributed by atoms with E-state index in [-0.39, 0.29) is 24.3 Å². The molecule has 0 N–H and O–H groups in total. The molecule has 0 saturated carbocycles. The average molecular weight is 624 g/mol. The van der Waals surface area contributed by atoms with Crippen LogP contribution < -0.4 is 0 Å². The standard InChI is InChI=1S/C29H40BrClN4O4/c1-29(2,3)39-28(37)33-13-11-19-12-14-34(24(19)18-33)25(36)9-5-4-8-20-22(31)16-23-21(27(20)30)17-32-35(23)26-10-6-7-15-38-26/h16-17,19,24,26H,4-15,18H2,1-3H3/t19-,24-,26+/m0/s1. The van der Waals surface area contributed by atoms with Crippen molar-refractivity contribution in [3.05, 3.63) is 27.3 Å². The number of hydrogen-bond acceptors (Lipinski definition) is 5. The molecule has 4 heterocycles. The summed E-state index contributed by atoms with van der Waals surface area (Å²) in [6.07, 6.45) is 9.63. The fourth-order valence-electron chi connectivity index (χ4n) is 6.20. The van der Waals surface area contributed by atoms with Gasteiger partial charge >= 0.3 is 6.09 Å². The number of piperidine rings is 1. The molecule has 0 radical (unpaired) electrons. The van der Waals surface area contributed by atoms with E-state index in [1.54, 1.807) is 4.90 Å². The third kappa shape index (κ3) is 6.41. The highest BCUT2D eigenvalue weighted by atomic mass is 79.9. The normalized spacial score (nSPS) is 23.8. The first-order valence-corrected chi connectivity index (χ1v) is 15.5. The summed E-state index contributed by atoms with van der Waals surface area (Å²) in [6.45, 7) is 8.44. The molecule has 2 aromatic rings. The van der Waals surface area contributed by atoms with Crippen LogP contribution in [0.5, 0.6) is 0 Å². The molecule has 39 heavy (non-hydrogen) atoms. The molecule has 10 heteroatoms. The lowest BCUT2D eigenvalue weighted by Gasteiger charge is -2.39. The van der Waals surface area contributed by atoms with E-state index < -0.39 is 5.60 Å². The topological polar surface area (TPSA) is 76.9 Å². The van der Waals surface area contributed by atoms with Gasteiger partial charge in [-0.2, -0.15) is 5.10 Å². The van der Waals surface area contributed by atoms with Gasteiger partial charge in [-0.1, -0.05) is 11.6 Å². The first-order chi connectivity index (χ1) is 18.6. The maximum absolute atomic E-state index is 13.2. The molecule has 3 saturated heterocycles. The van der Waals surface area contributed by atoms with E-state index in [0.29, 0.717) is 30.5 Å².